The summed E-state index contributed by atoms with van der Waals surface area (Å²) in [5.74, 6) is -0.633. The zero-order valence-corrected chi connectivity index (χ0v) is 14.7. The highest BCUT2D eigenvalue weighted by molar-refractivity contribution is 6.34. The summed E-state index contributed by atoms with van der Waals surface area (Å²) in [5.41, 5.74) is 2.99. The van der Waals surface area contributed by atoms with E-state index in [1.807, 2.05) is 26.8 Å². The molecule has 0 aliphatic carbocycles. The molecule has 126 valence electrons. The van der Waals surface area contributed by atoms with Gasteiger partial charge in [-0.1, -0.05) is 24.6 Å². The smallest absolute Gasteiger partial charge is 0.274 e. The van der Waals surface area contributed by atoms with Crippen LogP contribution in [0.1, 0.15) is 45.3 Å². The van der Waals surface area contributed by atoms with E-state index in [4.69, 9.17) is 11.6 Å². The lowest BCUT2D eigenvalue weighted by Crippen LogP contribution is -2.24. The van der Waals surface area contributed by atoms with Crippen molar-refractivity contribution in [3.8, 4) is 0 Å². The molecule has 0 fully saturated rings. The van der Waals surface area contributed by atoms with Gasteiger partial charge in [-0.3, -0.25) is 14.6 Å². The third-order valence-electron chi connectivity index (χ3n) is 3.46. The number of nitrogens with one attached hydrogen (secondary N) is 2. The average Bonchev–Trinajstić information content (AvgIpc) is 2.55. The van der Waals surface area contributed by atoms with Crippen molar-refractivity contribution >= 4 is 29.1 Å². The van der Waals surface area contributed by atoms with E-state index in [2.05, 4.69) is 15.6 Å². The van der Waals surface area contributed by atoms with Gasteiger partial charge in [0.1, 0.15) is 5.69 Å². The zero-order chi connectivity index (χ0) is 17.7. The molecule has 24 heavy (non-hydrogen) atoms. The first kappa shape index (κ1) is 17.9. The van der Waals surface area contributed by atoms with Crippen LogP contribution in [-0.2, 0) is 0 Å². The highest BCUT2D eigenvalue weighted by atomic mass is 35.5. The van der Waals surface area contributed by atoms with E-state index < -0.39 is 5.91 Å². The topological polar surface area (TPSA) is 71.1 Å². The van der Waals surface area contributed by atoms with Crippen LogP contribution < -0.4 is 10.6 Å². The molecule has 1 aromatic carbocycles. The summed E-state index contributed by atoms with van der Waals surface area (Å²) >= 11 is 6.21. The maximum atomic E-state index is 12.4. The van der Waals surface area contributed by atoms with Gasteiger partial charge < -0.3 is 10.6 Å². The van der Waals surface area contributed by atoms with E-state index in [9.17, 15) is 9.59 Å². The largest absolute Gasteiger partial charge is 0.352 e. The molecule has 2 aromatic rings. The first-order valence-corrected chi connectivity index (χ1v) is 8.12. The minimum Gasteiger partial charge on any atom is -0.352 e. The van der Waals surface area contributed by atoms with Crippen LogP contribution in [0, 0.1) is 13.8 Å². The Morgan fingerprint density at radius 3 is 2.58 bits per heavy atom. The molecule has 1 heterocycles. The van der Waals surface area contributed by atoms with Crippen LogP contribution in [0.2, 0.25) is 5.02 Å². The van der Waals surface area contributed by atoms with Crippen LogP contribution in [0.4, 0.5) is 5.69 Å². The fourth-order valence-electron chi connectivity index (χ4n) is 2.29. The minimum atomic E-state index is -0.408. The van der Waals surface area contributed by atoms with Crippen molar-refractivity contribution in [2.75, 3.05) is 11.9 Å². The molecular formula is C18H20ClN3O2. The Labute approximate surface area is 146 Å². The highest BCUT2D eigenvalue weighted by Gasteiger charge is 2.14. The Balaban J connectivity index is 2.20. The molecule has 0 unspecified atom stereocenters. The number of carbonyl (C=O) groups is 2. The van der Waals surface area contributed by atoms with Crippen molar-refractivity contribution in [1.29, 1.82) is 0 Å². The quantitative estimate of drug-likeness (QED) is 0.867. The van der Waals surface area contributed by atoms with Gasteiger partial charge in [0.05, 0.1) is 10.7 Å². The summed E-state index contributed by atoms with van der Waals surface area (Å²) in [7, 11) is 0. The second-order valence-corrected chi connectivity index (χ2v) is 5.99. The van der Waals surface area contributed by atoms with Crippen LogP contribution >= 0.6 is 11.6 Å². The van der Waals surface area contributed by atoms with E-state index in [1.165, 1.54) is 12.3 Å². The first-order valence-electron chi connectivity index (χ1n) is 7.74. The fourth-order valence-corrected chi connectivity index (χ4v) is 2.66. The van der Waals surface area contributed by atoms with Gasteiger partial charge in [0.2, 0.25) is 0 Å². The second-order valence-electron chi connectivity index (χ2n) is 5.58. The number of anilines is 1. The van der Waals surface area contributed by atoms with Gasteiger partial charge in [0.15, 0.2) is 0 Å². The van der Waals surface area contributed by atoms with Crippen LogP contribution in [-0.4, -0.2) is 23.3 Å². The van der Waals surface area contributed by atoms with Gasteiger partial charge in [-0.15, -0.1) is 0 Å². The van der Waals surface area contributed by atoms with E-state index >= 15 is 0 Å². The maximum Gasteiger partial charge on any atom is 0.274 e. The number of pyridine rings is 1. The summed E-state index contributed by atoms with van der Waals surface area (Å²) in [4.78, 5) is 28.5. The van der Waals surface area contributed by atoms with Crippen molar-refractivity contribution in [2.24, 2.45) is 0 Å². The predicted octanol–water partition coefficient (Wildman–Crippen LogP) is 3.74. The Hall–Kier alpha value is -2.40. The monoisotopic (exact) mass is 345 g/mol. The summed E-state index contributed by atoms with van der Waals surface area (Å²) < 4.78 is 0. The summed E-state index contributed by atoms with van der Waals surface area (Å²) in [6, 6.07) is 6.76. The van der Waals surface area contributed by atoms with Gasteiger partial charge in [0, 0.05) is 18.3 Å². The van der Waals surface area contributed by atoms with Crippen molar-refractivity contribution in [2.45, 2.75) is 27.2 Å². The van der Waals surface area contributed by atoms with Crippen LogP contribution in [0.5, 0.6) is 0 Å². The van der Waals surface area contributed by atoms with E-state index in [0.29, 0.717) is 22.8 Å². The van der Waals surface area contributed by atoms with Crippen LogP contribution in [0.15, 0.2) is 30.5 Å². The highest BCUT2D eigenvalue weighted by Crippen LogP contribution is 2.27. The normalized spacial score (nSPS) is 10.3. The third-order valence-corrected chi connectivity index (χ3v) is 3.76. The number of hydrogen-bond donors (Lipinski definition) is 2. The molecule has 0 spiro atoms. The SMILES string of the molecule is CCCNC(=O)c1ccnc(C(=O)Nc2c(C)cc(C)cc2Cl)c1. The number of nitrogens with zero attached hydrogens (tertiary/aromatic N) is 1. The van der Waals surface area contributed by atoms with Crippen molar-refractivity contribution in [3.05, 3.63) is 57.9 Å². The Morgan fingerprint density at radius 2 is 1.92 bits per heavy atom. The lowest BCUT2D eigenvalue weighted by Gasteiger charge is -2.11. The molecule has 2 rings (SSSR count). The molecular weight excluding hydrogens is 326 g/mol. The van der Waals surface area contributed by atoms with E-state index in [1.54, 1.807) is 12.1 Å². The number of aryl methyl sites for hydroxylation is 2. The molecule has 6 heteroatoms. The summed E-state index contributed by atoms with van der Waals surface area (Å²) in [6.07, 6.45) is 2.29. The standard InChI is InChI=1S/C18H20ClN3O2/c1-4-6-21-17(23)13-5-7-20-15(10-13)18(24)22-16-12(3)8-11(2)9-14(16)19/h5,7-10H,4,6H2,1-3H3,(H,21,23)(H,22,24). The molecule has 0 saturated heterocycles. The minimum absolute atomic E-state index is 0.162. The van der Waals surface area contributed by atoms with Crippen molar-refractivity contribution in [3.63, 3.8) is 0 Å². The lowest BCUT2D eigenvalue weighted by molar-refractivity contribution is 0.0953. The van der Waals surface area contributed by atoms with Gasteiger partial charge in [-0.05, 0) is 49.6 Å². The molecule has 2 N–H and O–H groups in total. The van der Waals surface area contributed by atoms with Crippen molar-refractivity contribution < 1.29 is 9.59 Å². The Kier molecular flexibility index (Phi) is 5.93. The third kappa shape index (κ3) is 4.32. The molecule has 5 nitrogen and oxygen atoms in total. The Bertz CT molecular complexity index is 752. The molecule has 0 bridgehead atoms. The molecule has 0 saturated carbocycles. The number of aromatic nitrogens is 1. The van der Waals surface area contributed by atoms with Crippen LogP contribution in [0.3, 0.4) is 0 Å². The van der Waals surface area contributed by atoms with Gasteiger partial charge in [-0.25, -0.2) is 0 Å². The number of rotatable bonds is 5. The average molecular weight is 346 g/mol. The van der Waals surface area contributed by atoms with Crippen molar-refractivity contribution in [1.82, 2.24) is 10.3 Å². The summed E-state index contributed by atoms with van der Waals surface area (Å²) in [6.45, 7) is 6.36. The molecule has 2 amide bonds. The van der Waals surface area contributed by atoms with E-state index in [0.717, 1.165) is 17.5 Å². The van der Waals surface area contributed by atoms with E-state index in [-0.39, 0.29) is 11.6 Å². The van der Waals surface area contributed by atoms with Gasteiger partial charge in [0.25, 0.3) is 11.8 Å². The molecule has 0 atom stereocenters. The second kappa shape index (κ2) is 7.93. The Morgan fingerprint density at radius 1 is 1.17 bits per heavy atom. The van der Waals surface area contributed by atoms with Crippen LogP contribution in [0.25, 0.3) is 0 Å². The molecule has 0 aliphatic heterocycles. The number of amides is 2. The number of benzene rings is 1. The molecule has 1 aromatic heterocycles. The first-order chi connectivity index (χ1) is 11.4. The predicted molar refractivity (Wildman–Crippen MR) is 95.7 cm³/mol. The molecule has 0 aliphatic rings. The fraction of sp³-hybridized carbons (Fsp3) is 0.278. The lowest BCUT2D eigenvalue weighted by atomic mass is 10.1. The molecule has 0 radical (unpaired) electrons. The number of carbonyl (C=O) groups excluding carboxylic acids is 2. The summed E-state index contributed by atoms with van der Waals surface area (Å²) in [5, 5.41) is 6.01. The number of halogens is 1. The zero-order valence-electron chi connectivity index (χ0n) is 13.9. The number of hydrogen-bond acceptors (Lipinski definition) is 3. The van der Waals surface area contributed by atoms with Gasteiger partial charge in [-0.2, -0.15) is 0 Å². The van der Waals surface area contributed by atoms with Gasteiger partial charge >= 0.3 is 0 Å². The maximum absolute atomic E-state index is 12.4.